The molecule has 8 heteroatoms. The standard InChI is InChI=1S/C22H25Cl2N3O3/c1-15(2)22(29)27-11-9-26(10-12-27)20-8-5-17(13-19(20)24)25-21(28)14-30-18-6-3-16(23)4-7-18/h3-8,13,15H,9-12,14H2,1-2H3,(H,25,28). The summed E-state index contributed by atoms with van der Waals surface area (Å²) in [6.45, 7) is 6.50. The zero-order chi connectivity index (χ0) is 21.7. The molecule has 3 rings (SSSR count). The molecule has 1 heterocycles. The van der Waals surface area contributed by atoms with Crippen LogP contribution in [0.4, 0.5) is 11.4 Å². The number of piperazine rings is 1. The molecule has 0 atom stereocenters. The Hall–Kier alpha value is -2.44. The van der Waals surface area contributed by atoms with E-state index in [9.17, 15) is 9.59 Å². The number of anilines is 2. The molecule has 0 bridgehead atoms. The molecule has 2 aromatic carbocycles. The highest BCUT2D eigenvalue weighted by Crippen LogP contribution is 2.30. The number of benzene rings is 2. The maximum Gasteiger partial charge on any atom is 0.262 e. The number of carbonyl (C=O) groups excluding carboxylic acids is 2. The maximum absolute atomic E-state index is 12.2. The van der Waals surface area contributed by atoms with Crippen molar-refractivity contribution in [3.8, 4) is 5.75 Å². The Kier molecular flexibility index (Phi) is 7.45. The first-order valence-electron chi connectivity index (χ1n) is 9.85. The van der Waals surface area contributed by atoms with Crippen molar-refractivity contribution in [2.24, 2.45) is 5.92 Å². The Labute approximate surface area is 186 Å². The van der Waals surface area contributed by atoms with Crippen LogP contribution < -0.4 is 15.0 Å². The van der Waals surface area contributed by atoms with Crippen molar-refractivity contribution in [1.29, 1.82) is 0 Å². The van der Waals surface area contributed by atoms with E-state index in [1.807, 2.05) is 30.9 Å². The molecule has 0 unspecified atom stereocenters. The van der Waals surface area contributed by atoms with E-state index < -0.39 is 0 Å². The number of halogens is 2. The van der Waals surface area contributed by atoms with Crippen LogP contribution in [0.25, 0.3) is 0 Å². The lowest BCUT2D eigenvalue weighted by atomic mass is 10.1. The Morgan fingerprint density at radius 1 is 1.03 bits per heavy atom. The van der Waals surface area contributed by atoms with Crippen LogP contribution in [-0.2, 0) is 9.59 Å². The Bertz CT molecular complexity index is 895. The molecule has 1 aliphatic rings. The monoisotopic (exact) mass is 449 g/mol. The van der Waals surface area contributed by atoms with Gasteiger partial charge in [-0.25, -0.2) is 0 Å². The Morgan fingerprint density at radius 3 is 2.30 bits per heavy atom. The molecule has 1 N–H and O–H groups in total. The van der Waals surface area contributed by atoms with Crippen LogP contribution in [0.2, 0.25) is 10.0 Å². The van der Waals surface area contributed by atoms with Crippen LogP contribution in [0, 0.1) is 5.92 Å². The maximum atomic E-state index is 12.2. The minimum Gasteiger partial charge on any atom is -0.484 e. The van der Waals surface area contributed by atoms with Crippen LogP contribution in [0.15, 0.2) is 42.5 Å². The summed E-state index contributed by atoms with van der Waals surface area (Å²) in [7, 11) is 0. The molecular formula is C22H25Cl2N3O3. The molecule has 2 amide bonds. The van der Waals surface area contributed by atoms with Crippen LogP contribution >= 0.6 is 23.2 Å². The SMILES string of the molecule is CC(C)C(=O)N1CCN(c2ccc(NC(=O)COc3ccc(Cl)cc3)cc2Cl)CC1. The third kappa shape index (κ3) is 5.80. The molecule has 0 aromatic heterocycles. The first kappa shape index (κ1) is 22.2. The van der Waals surface area contributed by atoms with E-state index in [1.54, 1.807) is 30.3 Å². The number of amides is 2. The topological polar surface area (TPSA) is 61.9 Å². The van der Waals surface area contributed by atoms with Gasteiger partial charge in [0.05, 0.1) is 10.7 Å². The largest absolute Gasteiger partial charge is 0.484 e. The van der Waals surface area contributed by atoms with Gasteiger partial charge in [0.15, 0.2) is 6.61 Å². The average molecular weight is 450 g/mol. The summed E-state index contributed by atoms with van der Waals surface area (Å²) in [5, 5.41) is 3.94. The number of ether oxygens (including phenoxy) is 1. The van der Waals surface area contributed by atoms with Gasteiger partial charge in [0.1, 0.15) is 5.75 Å². The van der Waals surface area contributed by atoms with Gasteiger partial charge < -0.3 is 19.9 Å². The van der Waals surface area contributed by atoms with Crippen LogP contribution in [-0.4, -0.2) is 49.5 Å². The Morgan fingerprint density at radius 2 is 1.70 bits per heavy atom. The van der Waals surface area contributed by atoms with Crippen molar-refractivity contribution in [3.05, 3.63) is 52.5 Å². The summed E-state index contributed by atoms with van der Waals surface area (Å²) in [5.41, 5.74) is 1.49. The molecule has 30 heavy (non-hydrogen) atoms. The van der Waals surface area contributed by atoms with E-state index in [4.69, 9.17) is 27.9 Å². The molecule has 6 nitrogen and oxygen atoms in total. The predicted octanol–water partition coefficient (Wildman–Crippen LogP) is 4.32. The molecule has 1 saturated heterocycles. The van der Waals surface area contributed by atoms with Crippen molar-refractivity contribution >= 4 is 46.4 Å². The lowest BCUT2D eigenvalue weighted by Gasteiger charge is -2.37. The van der Waals surface area contributed by atoms with Crippen molar-refractivity contribution < 1.29 is 14.3 Å². The van der Waals surface area contributed by atoms with Gasteiger partial charge in [0, 0.05) is 42.8 Å². The van der Waals surface area contributed by atoms with Gasteiger partial charge in [0.2, 0.25) is 5.91 Å². The third-order valence-corrected chi connectivity index (χ3v) is 5.40. The van der Waals surface area contributed by atoms with Crippen molar-refractivity contribution in [3.63, 3.8) is 0 Å². The number of hydrogen-bond acceptors (Lipinski definition) is 4. The van der Waals surface area contributed by atoms with Crippen molar-refractivity contribution in [1.82, 2.24) is 4.90 Å². The van der Waals surface area contributed by atoms with E-state index in [-0.39, 0.29) is 24.3 Å². The van der Waals surface area contributed by atoms with Gasteiger partial charge in [-0.3, -0.25) is 9.59 Å². The second kappa shape index (κ2) is 10.0. The number of carbonyl (C=O) groups is 2. The van der Waals surface area contributed by atoms with Gasteiger partial charge in [-0.1, -0.05) is 37.0 Å². The predicted molar refractivity (Wildman–Crippen MR) is 121 cm³/mol. The van der Waals surface area contributed by atoms with Crippen LogP contribution in [0.3, 0.4) is 0 Å². The third-order valence-electron chi connectivity index (χ3n) is 4.84. The van der Waals surface area contributed by atoms with Gasteiger partial charge in [0.25, 0.3) is 5.91 Å². The van der Waals surface area contributed by atoms with Crippen LogP contribution in [0.1, 0.15) is 13.8 Å². The smallest absolute Gasteiger partial charge is 0.262 e. The summed E-state index contributed by atoms with van der Waals surface area (Å²) in [6.07, 6.45) is 0. The van der Waals surface area contributed by atoms with Crippen LogP contribution in [0.5, 0.6) is 5.75 Å². The molecule has 1 fully saturated rings. The quantitative estimate of drug-likeness (QED) is 0.713. The summed E-state index contributed by atoms with van der Waals surface area (Å²) >= 11 is 12.3. The number of rotatable bonds is 6. The van der Waals surface area contributed by atoms with E-state index in [0.29, 0.717) is 34.6 Å². The highest BCUT2D eigenvalue weighted by molar-refractivity contribution is 6.33. The normalized spacial score (nSPS) is 14.0. The van der Waals surface area contributed by atoms with E-state index in [1.165, 1.54) is 0 Å². The zero-order valence-corrected chi connectivity index (χ0v) is 18.5. The molecular weight excluding hydrogens is 425 g/mol. The van der Waals surface area contributed by atoms with Gasteiger partial charge in [-0.15, -0.1) is 0 Å². The second-order valence-corrected chi connectivity index (χ2v) is 8.27. The molecule has 0 saturated carbocycles. The van der Waals surface area contributed by atoms with Gasteiger partial charge >= 0.3 is 0 Å². The second-order valence-electron chi connectivity index (χ2n) is 7.42. The van der Waals surface area contributed by atoms with Gasteiger partial charge in [-0.2, -0.15) is 0 Å². The summed E-state index contributed by atoms with van der Waals surface area (Å²) < 4.78 is 5.45. The number of hydrogen-bond donors (Lipinski definition) is 1. The summed E-state index contributed by atoms with van der Waals surface area (Å²) in [4.78, 5) is 28.3. The highest BCUT2D eigenvalue weighted by atomic mass is 35.5. The fourth-order valence-corrected chi connectivity index (χ4v) is 3.68. The molecule has 2 aromatic rings. The molecule has 0 radical (unpaired) electrons. The minimum atomic E-state index is -0.283. The van der Waals surface area contributed by atoms with E-state index in [2.05, 4.69) is 10.2 Å². The van der Waals surface area contributed by atoms with E-state index in [0.717, 1.165) is 18.8 Å². The Balaban J connectivity index is 1.53. The summed E-state index contributed by atoms with van der Waals surface area (Å²) in [5.74, 6) is 0.471. The zero-order valence-electron chi connectivity index (χ0n) is 17.0. The molecule has 1 aliphatic heterocycles. The lowest BCUT2D eigenvalue weighted by Crippen LogP contribution is -2.50. The number of nitrogens with one attached hydrogen (secondary N) is 1. The number of nitrogens with zero attached hydrogens (tertiary/aromatic N) is 2. The van der Waals surface area contributed by atoms with Gasteiger partial charge in [-0.05, 0) is 42.5 Å². The molecule has 0 spiro atoms. The first-order valence-corrected chi connectivity index (χ1v) is 10.6. The first-order chi connectivity index (χ1) is 14.3. The molecule has 0 aliphatic carbocycles. The highest BCUT2D eigenvalue weighted by Gasteiger charge is 2.24. The molecule has 160 valence electrons. The lowest BCUT2D eigenvalue weighted by molar-refractivity contribution is -0.134. The fourth-order valence-electron chi connectivity index (χ4n) is 3.25. The summed E-state index contributed by atoms with van der Waals surface area (Å²) in [6, 6.07) is 12.2. The van der Waals surface area contributed by atoms with E-state index >= 15 is 0 Å². The van der Waals surface area contributed by atoms with Crippen molar-refractivity contribution in [2.45, 2.75) is 13.8 Å². The van der Waals surface area contributed by atoms with Crippen molar-refractivity contribution in [2.75, 3.05) is 43.0 Å². The minimum absolute atomic E-state index is 0.00621. The fraction of sp³-hybridized carbons (Fsp3) is 0.364. The average Bonchev–Trinajstić information content (AvgIpc) is 2.73.